The summed E-state index contributed by atoms with van der Waals surface area (Å²) >= 11 is 0. The Hall–Kier alpha value is -2.77. The van der Waals surface area contributed by atoms with Crippen LogP contribution in [0.5, 0.6) is 11.5 Å². The molecule has 130 valence electrons. The Bertz CT molecular complexity index is 701. The van der Waals surface area contributed by atoms with Crippen molar-refractivity contribution in [3.05, 3.63) is 35.9 Å². The highest BCUT2D eigenvalue weighted by Gasteiger charge is 2.18. The third kappa shape index (κ3) is 3.95. The Morgan fingerprint density at radius 2 is 1.88 bits per heavy atom. The lowest BCUT2D eigenvalue weighted by Crippen LogP contribution is -2.39. The molecular formula is C16H23N5O3. The van der Waals surface area contributed by atoms with Gasteiger partial charge < -0.3 is 24.7 Å². The summed E-state index contributed by atoms with van der Waals surface area (Å²) in [5.74, 6) is 2.03. The van der Waals surface area contributed by atoms with Crippen LogP contribution in [0.4, 0.5) is 4.79 Å². The van der Waals surface area contributed by atoms with E-state index in [1.165, 1.54) is 0 Å². The average Bonchev–Trinajstić information content (AvgIpc) is 3.00. The van der Waals surface area contributed by atoms with Crippen LogP contribution in [-0.2, 0) is 7.05 Å². The van der Waals surface area contributed by atoms with Crippen LogP contribution in [0.1, 0.15) is 37.3 Å². The van der Waals surface area contributed by atoms with Gasteiger partial charge >= 0.3 is 6.03 Å². The van der Waals surface area contributed by atoms with E-state index in [9.17, 15) is 4.79 Å². The molecule has 24 heavy (non-hydrogen) atoms. The Morgan fingerprint density at radius 3 is 2.46 bits per heavy atom. The highest BCUT2D eigenvalue weighted by atomic mass is 16.5. The second-order valence-corrected chi connectivity index (χ2v) is 5.47. The SMILES string of the molecule is COc1ccc([C@H](C)NC(=O)N[C@H](C)c2nncn2C)c(OC)c1. The minimum Gasteiger partial charge on any atom is -0.497 e. The van der Waals surface area contributed by atoms with Gasteiger partial charge in [0.05, 0.1) is 26.3 Å². The number of aromatic nitrogens is 3. The fraction of sp³-hybridized carbons (Fsp3) is 0.438. The maximum Gasteiger partial charge on any atom is 0.315 e. The third-order valence-corrected chi connectivity index (χ3v) is 3.74. The number of carbonyl (C=O) groups excluding carboxylic acids is 1. The van der Waals surface area contributed by atoms with Crippen molar-refractivity contribution in [2.45, 2.75) is 25.9 Å². The molecule has 0 aliphatic carbocycles. The minimum atomic E-state index is -0.295. The Morgan fingerprint density at radius 1 is 1.17 bits per heavy atom. The number of urea groups is 1. The van der Waals surface area contributed by atoms with Crippen LogP contribution in [0.3, 0.4) is 0 Å². The van der Waals surface area contributed by atoms with Crippen molar-refractivity contribution in [2.24, 2.45) is 7.05 Å². The van der Waals surface area contributed by atoms with Crippen LogP contribution >= 0.6 is 0 Å². The Labute approximate surface area is 141 Å². The van der Waals surface area contributed by atoms with Gasteiger partial charge in [-0.3, -0.25) is 0 Å². The van der Waals surface area contributed by atoms with Gasteiger partial charge in [0.15, 0.2) is 5.82 Å². The van der Waals surface area contributed by atoms with Gasteiger partial charge in [0.1, 0.15) is 17.8 Å². The maximum atomic E-state index is 12.2. The molecule has 1 heterocycles. The zero-order valence-corrected chi connectivity index (χ0v) is 14.5. The molecule has 0 saturated heterocycles. The number of benzene rings is 1. The summed E-state index contributed by atoms with van der Waals surface area (Å²) in [4.78, 5) is 12.2. The molecule has 2 N–H and O–H groups in total. The first-order valence-electron chi connectivity index (χ1n) is 7.59. The maximum absolute atomic E-state index is 12.2. The van der Waals surface area contributed by atoms with Gasteiger partial charge in [-0.25, -0.2) is 4.79 Å². The Balaban J connectivity index is 2.02. The quantitative estimate of drug-likeness (QED) is 0.843. The third-order valence-electron chi connectivity index (χ3n) is 3.74. The van der Waals surface area contributed by atoms with Crippen LogP contribution in [0.25, 0.3) is 0 Å². The largest absolute Gasteiger partial charge is 0.497 e. The first-order chi connectivity index (χ1) is 11.5. The summed E-state index contributed by atoms with van der Waals surface area (Å²) in [6, 6.07) is 4.69. The monoisotopic (exact) mass is 333 g/mol. The number of nitrogens with one attached hydrogen (secondary N) is 2. The number of rotatable bonds is 6. The van der Waals surface area contributed by atoms with Crippen molar-refractivity contribution >= 4 is 6.03 Å². The predicted octanol–water partition coefficient (Wildman–Crippen LogP) is 1.95. The molecule has 0 aliphatic rings. The lowest BCUT2D eigenvalue weighted by Gasteiger charge is -2.20. The van der Waals surface area contributed by atoms with Gasteiger partial charge in [-0.05, 0) is 26.0 Å². The molecular weight excluding hydrogens is 310 g/mol. The van der Waals surface area contributed by atoms with Crippen LogP contribution in [0.15, 0.2) is 24.5 Å². The molecule has 0 bridgehead atoms. The molecule has 0 saturated carbocycles. The fourth-order valence-corrected chi connectivity index (χ4v) is 2.44. The zero-order valence-electron chi connectivity index (χ0n) is 14.5. The van der Waals surface area contributed by atoms with Crippen molar-refractivity contribution < 1.29 is 14.3 Å². The topological polar surface area (TPSA) is 90.3 Å². The number of aryl methyl sites for hydroxylation is 1. The molecule has 0 aliphatic heterocycles. The number of hydrogen-bond donors (Lipinski definition) is 2. The first-order valence-corrected chi connectivity index (χ1v) is 7.59. The van der Waals surface area contributed by atoms with Crippen molar-refractivity contribution in [1.29, 1.82) is 0 Å². The summed E-state index contributed by atoms with van der Waals surface area (Å²) in [6.45, 7) is 3.74. The molecule has 2 rings (SSSR count). The van der Waals surface area contributed by atoms with Crippen molar-refractivity contribution in [1.82, 2.24) is 25.4 Å². The van der Waals surface area contributed by atoms with E-state index < -0.39 is 0 Å². The normalized spacial score (nSPS) is 13.0. The van der Waals surface area contributed by atoms with E-state index in [1.807, 2.05) is 33.0 Å². The second kappa shape index (κ2) is 7.67. The summed E-state index contributed by atoms with van der Waals surface area (Å²) in [5, 5.41) is 13.5. The smallest absolute Gasteiger partial charge is 0.315 e. The Kier molecular flexibility index (Phi) is 5.62. The molecule has 2 amide bonds. The number of carbonyl (C=O) groups is 1. The summed E-state index contributed by atoms with van der Waals surface area (Å²) < 4.78 is 12.3. The lowest BCUT2D eigenvalue weighted by molar-refractivity contribution is 0.234. The van der Waals surface area contributed by atoms with E-state index in [0.717, 1.165) is 5.56 Å². The first kappa shape index (κ1) is 17.6. The number of ether oxygens (including phenoxy) is 2. The van der Waals surface area contributed by atoms with Crippen molar-refractivity contribution in [2.75, 3.05) is 14.2 Å². The van der Waals surface area contributed by atoms with E-state index in [2.05, 4.69) is 20.8 Å². The molecule has 2 atom stereocenters. The molecule has 8 nitrogen and oxygen atoms in total. The molecule has 0 fully saturated rings. The van der Waals surface area contributed by atoms with Gasteiger partial charge in [0, 0.05) is 18.7 Å². The van der Waals surface area contributed by atoms with E-state index >= 15 is 0 Å². The summed E-state index contributed by atoms with van der Waals surface area (Å²) in [5.41, 5.74) is 0.861. The second-order valence-electron chi connectivity index (χ2n) is 5.47. The van der Waals surface area contributed by atoms with Crippen LogP contribution < -0.4 is 20.1 Å². The van der Waals surface area contributed by atoms with Crippen LogP contribution in [-0.4, -0.2) is 35.0 Å². The van der Waals surface area contributed by atoms with E-state index in [4.69, 9.17) is 9.47 Å². The minimum absolute atomic E-state index is 0.238. The fourth-order valence-electron chi connectivity index (χ4n) is 2.44. The molecule has 1 aromatic carbocycles. The van der Waals surface area contributed by atoms with Crippen molar-refractivity contribution in [3.63, 3.8) is 0 Å². The zero-order chi connectivity index (χ0) is 17.7. The van der Waals surface area contributed by atoms with Gasteiger partial charge in [0.25, 0.3) is 0 Å². The van der Waals surface area contributed by atoms with Gasteiger partial charge in [0.2, 0.25) is 0 Å². The van der Waals surface area contributed by atoms with E-state index in [1.54, 1.807) is 31.2 Å². The van der Waals surface area contributed by atoms with Gasteiger partial charge in [-0.2, -0.15) is 0 Å². The highest BCUT2D eigenvalue weighted by Crippen LogP contribution is 2.29. The molecule has 0 radical (unpaired) electrons. The number of methoxy groups -OCH3 is 2. The van der Waals surface area contributed by atoms with Crippen LogP contribution in [0, 0.1) is 0 Å². The number of nitrogens with zero attached hydrogens (tertiary/aromatic N) is 3. The molecule has 1 aromatic heterocycles. The molecule has 0 unspecified atom stereocenters. The average molecular weight is 333 g/mol. The van der Waals surface area contributed by atoms with Crippen molar-refractivity contribution in [3.8, 4) is 11.5 Å². The van der Waals surface area contributed by atoms with Crippen LogP contribution in [0.2, 0.25) is 0 Å². The number of amides is 2. The van der Waals surface area contributed by atoms with E-state index in [-0.39, 0.29) is 18.1 Å². The van der Waals surface area contributed by atoms with E-state index in [0.29, 0.717) is 17.3 Å². The lowest BCUT2D eigenvalue weighted by atomic mass is 10.1. The standard InChI is InChI=1S/C16H23N5O3/c1-10(13-7-6-12(23-4)8-14(13)24-5)18-16(22)19-11(2)15-20-17-9-21(15)3/h6-11H,1-5H3,(H2,18,19,22)/t10-,11+/m0/s1. The highest BCUT2D eigenvalue weighted by molar-refractivity contribution is 5.75. The summed E-state index contributed by atoms with van der Waals surface area (Å²) in [6.07, 6.45) is 1.59. The van der Waals surface area contributed by atoms with Gasteiger partial charge in [-0.1, -0.05) is 0 Å². The molecule has 8 heteroatoms. The van der Waals surface area contributed by atoms with Gasteiger partial charge in [-0.15, -0.1) is 10.2 Å². The molecule has 0 spiro atoms. The molecule has 2 aromatic rings. The number of hydrogen-bond acceptors (Lipinski definition) is 5. The predicted molar refractivity (Wildman–Crippen MR) is 89.0 cm³/mol. The summed E-state index contributed by atoms with van der Waals surface area (Å²) in [7, 11) is 5.01.